The van der Waals surface area contributed by atoms with E-state index in [9.17, 15) is 9.59 Å². The first-order valence-corrected chi connectivity index (χ1v) is 12.4. The molecule has 0 radical (unpaired) electrons. The van der Waals surface area contributed by atoms with Crippen molar-refractivity contribution in [2.75, 3.05) is 38.7 Å². The zero-order chi connectivity index (χ0) is 23.4. The number of nitrogens with zero attached hydrogens (tertiary/aromatic N) is 5. The lowest BCUT2D eigenvalue weighted by Gasteiger charge is -2.39. The number of hydrogen-bond donors (Lipinski definition) is 1. The summed E-state index contributed by atoms with van der Waals surface area (Å²) in [5, 5.41) is 4.10. The highest BCUT2D eigenvalue weighted by Crippen LogP contribution is 2.29. The molecule has 2 aromatic rings. The summed E-state index contributed by atoms with van der Waals surface area (Å²) < 4.78 is 5.01. The van der Waals surface area contributed by atoms with E-state index < -0.39 is 0 Å². The molecule has 0 saturated carbocycles. The monoisotopic (exact) mass is 472 g/mol. The van der Waals surface area contributed by atoms with Gasteiger partial charge in [0.25, 0.3) is 0 Å². The summed E-state index contributed by atoms with van der Waals surface area (Å²) in [6, 6.07) is 1.55. The number of nitrogens with one attached hydrogen (secondary N) is 1. The number of aromatic nitrogens is 3. The number of rotatable bonds is 6. The molecule has 2 saturated heterocycles. The Balaban J connectivity index is 1.39. The van der Waals surface area contributed by atoms with E-state index in [0.717, 1.165) is 59.4 Å². The molecule has 33 heavy (non-hydrogen) atoms. The number of ether oxygens (including phenoxy) is 1. The molecule has 0 spiro atoms. The number of methoxy groups -OCH3 is 1. The van der Waals surface area contributed by atoms with Crippen LogP contribution in [0.4, 0.5) is 10.9 Å². The lowest BCUT2D eigenvalue weighted by Crippen LogP contribution is -2.55. The highest BCUT2D eigenvalue weighted by molar-refractivity contribution is 7.15. The molecular formula is C23H32N6O3S. The molecule has 2 aromatic heterocycles. The maximum atomic E-state index is 13.3. The van der Waals surface area contributed by atoms with Crippen LogP contribution in [0.25, 0.3) is 0 Å². The second kappa shape index (κ2) is 10.6. The quantitative estimate of drug-likeness (QED) is 0.690. The van der Waals surface area contributed by atoms with Crippen LogP contribution in [-0.2, 0) is 14.3 Å². The predicted molar refractivity (Wildman–Crippen MR) is 127 cm³/mol. The summed E-state index contributed by atoms with van der Waals surface area (Å²) in [7, 11) is 1.51. The summed E-state index contributed by atoms with van der Waals surface area (Å²) in [5.74, 6) is 1.72. The molecule has 1 N–H and O–H groups in total. The number of aryl methyl sites for hydroxylation is 2. The van der Waals surface area contributed by atoms with Crippen molar-refractivity contribution in [1.82, 2.24) is 24.8 Å². The van der Waals surface area contributed by atoms with Crippen LogP contribution in [0.3, 0.4) is 0 Å². The fourth-order valence-electron chi connectivity index (χ4n) is 4.62. The summed E-state index contributed by atoms with van der Waals surface area (Å²) in [6.07, 6.45) is 6.08. The van der Waals surface area contributed by atoms with Crippen LogP contribution in [0.1, 0.15) is 54.4 Å². The highest BCUT2D eigenvalue weighted by atomic mass is 32.1. The molecule has 1 atom stereocenters. The van der Waals surface area contributed by atoms with E-state index >= 15 is 0 Å². The summed E-state index contributed by atoms with van der Waals surface area (Å²) >= 11 is 1.59. The SMILES string of the molecule is COCC(=O)N1CCCC[C@H]1C(=O)N1CCC(c2nc(C)cc(Nc3ncc(C)s3)n2)CC1. The lowest BCUT2D eigenvalue weighted by molar-refractivity contribution is -0.150. The van der Waals surface area contributed by atoms with Gasteiger partial charge in [-0.1, -0.05) is 0 Å². The van der Waals surface area contributed by atoms with Gasteiger partial charge in [0.2, 0.25) is 11.8 Å². The highest BCUT2D eigenvalue weighted by Gasteiger charge is 2.36. The van der Waals surface area contributed by atoms with E-state index in [2.05, 4.69) is 15.3 Å². The van der Waals surface area contributed by atoms with Gasteiger partial charge in [0, 0.05) is 55.5 Å². The van der Waals surface area contributed by atoms with Gasteiger partial charge in [0.15, 0.2) is 5.13 Å². The number of likely N-dealkylation sites (tertiary alicyclic amines) is 2. The third-order valence-electron chi connectivity index (χ3n) is 6.28. The Morgan fingerprint density at radius 3 is 2.64 bits per heavy atom. The summed E-state index contributed by atoms with van der Waals surface area (Å²) in [4.78, 5) is 44.3. The normalized spacial score (nSPS) is 19.5. The molecule has 9 nitrogen and oxygen atoms in total. The largest absolute Gasteiger partial charge is 0.375 e. The van der Waals surface area contributed by atoms with Crippen molar-refractivity contribution in [3.63, 3.8) is 0 Å². The van der Waals surface area contributed by atoms with Gasteiger partial charge in [-0.2, -0.15) is 0 Å². The Morgan fingerprint density at radius 2 is 1.94 bits per heavy atom. The molecule has 10 heteroatoms. The number of carbonyl (C=O) groups is 2. The zero-order valence-electron chi connectivity index (χ0n) is 19.5. The number of piperidine rings is 2. The Bertz CT molecular complexity index is 988. The molecule has 0 aromatic carbocycles. The van der Waals surface area contributed by atoms with Crippen molar-refractivity contribution in [2.24, 2.45) is 0 Å². The third kappa shape index (κ3) is 5.67. The van der Waals surface area contributed by atoms with Gasteiger partial charge in [0.1, 0.15) is 24.3 Å². The molecule has 4 rings (SSSR count). The van der Waals surface area contributed by atoms with Gasteiger partial charge < -0.3 is 19.9 Å². The lowest BCUT2D eigenvalue weighted by atomic mass is 9.94. The molecule has 2 amide bonds. The van der Waals surface area contributed by atoms with Gasteiger partial charge in [-0.3, -0.25) is 9.59 Å². The molecular weight excluding hydrogens is 440 g/mol. The molecule has 2 aliphatic heterocycles. The van der Waals surface area contributed by atoms with E-state index in [0.29, 0.717) is 19.6 Å². The van der Waals surface area contributed by atoms with Gasteiger partial charge in [-0.05, 0) is 46.0 Å². The average molecular weight is 473 g/mol. The molecule has 0 bridgehead atoms. The zero-order valence-corrected chi connectivity index (χ0v) is 20.4. The van der Waals surface area contributed by atoms with Crippen molar-refractivity contribution in [1.29, 1.82) is 0 Å². The minimum Gasteiger partial charge on any atom is -0.375 e. The van der Waals surface area contributed by atoms with Crippen molar-refractivity contribution in [3.8, 4) is 0 Å². The van der Waals surface area contributed by atoms with E-state index in [4.69, 9.17) is 9.72 Å². The fraction of sp³-hybridized carbons (Fsp3) is 0.609. The number of anilines is 2. The topological polar surface area (TPSA) is 101 Å². The van der Waals surface area contributed by atoms with Crippen molar-refractivity contribution in [3.05, 3.63) is 28.7 Å². The Labute approximate surface area is 198 Å². The average Bonchev–Trinajstić information content (AvgIpc) is 3.22. The minimum absolute atomic E-state index is 0.0213. The van der Waals surface area contributed by atoms with Crippen molar-refractivity contribution < 1.29 is 14.3 Å². The minimum atomic E-state index is -0.370. The van der Waals surface area contributed by atoms with Crippen LogP contribution in [-0.4, -0.2) is 76.0 Å². The molecule has 2 fully saturated rings. The van der Waals surface area contributed by atoms with E-state index in [1.54, 1.807) is 16.2 Å². The number of hydrogen-bond acceptors (Lipinski definition) is 8. The molecule has 4 heterocycles. The van der Waals surface area contributed by atoms with E-state index in [1.807, 2.05) is 31.0 Å². The number of carbonyl (C=O) groups excluding carboxylic acids is 2. The fourth-order valence-corrected chi connectivity index (χ4v) is 5.29. The van der Waals surface area contributed by atoms with E-state index in [1.165, 1.54) is 7.11 Å². The van der Waals surface area contributed by atoms with Crippen LogP contribution in [0.15, 0.2) is 12.3 Å². The Hall–Kier alpha value is -2.59. The summed E-state index contributed by atoms with van der Waals surface area (Å²) in [5.41, 5.74) is 0.906. The third-order valence-corrected chi connectivity index (χ3v) is 7.10. The van der Waals surface area contributed by atoms with Gasteiger partial charge in [-0.15, -0.1) is 11.3 Å². The maximum absolute atomic E-state index is 13.3. The molecule has 178 valence electrons. The van der Waals surface area contributed by atoms with Gasteiger partial charge in [-0.25, -0.2) is 15.0 Å². The van der Waals surface area contributed by atoms with Crippen LogP contribution in [0, 0.1) is 13.8 Å². The number of amides is 2. The van der Waals surface area contributed by atoms with Gasteiger partial charge >= 0.3 is 0 Å². The maximum Gasteiger partial charge on any atom is 0.249 e. The first-order valence-electron chi connectivity index (χ1n) is 11.6. The standard InChI is InChI=1S/C23H32N6O3S/c1-15-12-19(27-23-24-13-16(2)33-23)26-21(25-15)17-7-10-28(11-8-17)22(31)18-6-4-5-9-29(18)20(30)14-32-3/h12-13,17-18H,4-11,14H2,1-3H3,(H,24,25,26,27)/t18-/m0/s1. The van der Waals surface area contributed by atoms with E-state index in [-0.39, 0.29) is 30.4 Å². The van der Waals surface area contributed by atoms with Crippen molar-refractivity contribution >= 4 is 34.1 Å². The van der Waals surface area contributed by atoms with Crippen LogP contribution in [0.2, 0.25) is 0 Å². The van der Waals surface area contributed by atoms with Crippen LogP contribution >= 0.6 is 11.3 Å². The smallest absolute Gasteiger partial charge is 0.249 e. The van der Waals surface area contributed by atoms with Gasteiger partial charge in [0.05, 0.1) is 0 Å². The molecule has 2 aliphatic rings. The number of thiazole rings is 1. The van der Waals surface area contributed by atoms with Crippen molar-refractivity contribution in [2.45, 2.75) is 57.9 Å². The molecule has 0 aliphatic carbocycles. The second-order valence-electron chi connectivity index (χ2n) is 8.79. The first kappa shape index (κ1) is 23.6. The Morgan fingerprint density at radius 1 is 1.15 bits per heavy atom. The Kier molecular flexibility index (Phi) is 7.54. The second-order valence-corrected chi connectivity index (χ2v) is 10.0. The predicted octanol–water partition coefficient (Wildman–Crippen LogP) is 3.03. The van der Waals surface area contributed by atoms with Crippen LogP contribution in [0.5, 0.6) is 0 Å². The van der Waals surface area contributed by atoms with Crippen LogP contribution < -0.4 is 5.32 Å². The molecule has 0 unspecified atom stereocenters. The first-order chi connectivity index (χ1) is 15.9. The summed E-state index contributed by atoms with van der Waals surface area (Å²) in [6.45, 7) is 5.94.